The molecule has 8 unspecified atom stereocenters. The van der Waals surface area contributed by atoms with Gasteiger partial charge in [-0.2, -0.15) is 0 Å². The van der Waals surface area contributed by atoms with Gasteiger partial charge in [0.1, 0.15) is 195 Å². The van der Waals surface area contributed by atoms with Crippen LogP contribution >= 0.6 is 0 Å². The molecule has 0 radical (unpaired) electrons. The molecule has 0 amide bonds. The van der Waals surface area contributed by atoms with E-state index in [4.69, 9.17) is 90.0 Å². The van der Waals surface area contributed by atoms with Crippen molar-refractivity contribution in [3.63, 3.8) is 0 Å². The lowest BCUT2D eigenvalue weighted by atomic mass is 9.33. The van der Waals surface area contributed by atoms with Gasteiger partial charge >= 0.3 is 11.9 Å². The maximum atomic E-state index is 16.8. The third kappa shape index (κ3) is 20.6. The van der Waals surface area contributed by atoms with Gasteiger partial charge in [-0.05, 0) is 125 Å². The molecule has 0 bridgehead atoms. The largest absolute Gasteiger partial charge is 0.458 e. The molecule has 9 heterocycles. The van der Waals surface area contributed by atoms with Gasteiger partial charge in [0.25, 0.3) is 0 Å². The maximum absolute atomic E-state index is 16.8. The Labute approximate surface area is 807 Å². The zero-order valence-corrected chi connectivity index (χ0v) is 79.9. The molecule has 14 aliphatic rings. The second-order valence-corrected chi connectivity index (χ2v) is 42.8. The van der Waals surface area contributed by atoms with Crippen LogP contribution in [0.5, 0.6) is 0 Å². The van der Waals surface area contributed by atoms with E-state index in [-0.39, 0.29) is 49.5 Å². The number of esters is 2. The summed E-state index contributed by atoms with van der Waals surface area (Å²) in [6, 6.07) is 0. The van der Waals surface area contributed by atoms with E-state index in [1.54, 1.807) is 20.8 Å². The molecule has 9 aliphatic heterocycles. The Bertz CT molecular complexity index is 4190. The molecule has 48 heteroatoms. The van der Waals surface area contributed by atoms with Crippen LogP contribution in [-0.4, -0.2) is 484 Å². The van der Waals surface area contributed by atoms with E-state index in [0.717, 1.165) is 0 Å². The van der Waals surface area contributed by atoms with Gasteiger partial charge in [-0.1, -0.05) is 72.3 Å². The molecule has 27 N–H and O–H groups in total. The van der Waals surface area contributed by atoms with Crippen LogP contribution in [0, 0.1) is 50.2 Å². The van der Waals surface area contributed by atoms with E-state index in [0.29, 0.717) is 31.3 Å². The van der Waals surface area contributed by atoms with Crippen molar-refractivity contribution in [1.29, 1.82) is 0 Å². The number of ether oxygens (including phenoxy) is 19. The van der Waals surface area contributed by atoms with Gasteiger partial charge in [0.05, 0.1) is 87.9 Å². The molecular formula is C92H148O48. The summed E-state index contributed by atoms with van der Waals surface area (Å²) in [4.78, 5) is 31.8. The van der Waals surface area contributed by atoms with Crippen molar-refractivity contribution in [2.24, 2.45) is 50.2 Å². The molecule has 0 aromatic carbocycles. The number of rotatable bonds is 30. The molecule has 0 aromatic rings. The number of aliphatic hydroxyl groups excluding tert-OH is 27. The number of allylic oxidation sites excluding steroid dienone is 3. The van der Waals surface area contributed by atoms with Gasteiger partial charge in [0, 0.05) is 11.8 Å². The molecule has 48 nitrogen and oxygen atoms in total. The number of fused-ring (bicyclic) bond motifs is 7. The fourth-order valence-electron chi connectivity index (χ4n) is 24.5. The van der Waals surface area contributed by atoms with Crippen LogP contribution < -0.4 is 0 Å². The van der Waals surface area contributed by atoms with Crippen LogP contribution in [0.3, 0.4) is 0 Å². The molecule has 0 aromatic heterocycles. The van der Waals surface area contributed by atoms with E-state index in [1.165, 1.54) is 32.9 Å². The van der Waals surface area contributed by atoms with E-state index in [2.05, 4.69) is 26.5 Å². The summed E-state index contributed by atoms with van der Waals surface area (Å²) in [5.74, 6) is -4.00. The highest BCUT2D eigenvalue weighted by Crippen LogP contribution is 2.76. The number of hydrogen-bond acceptors (Lipinski definition) is 48. The fraction of sp³-hybridized carbons (Fsp3) is 0.913. The highest BCUT2D eigenvalue weighted by molar-refractivity contribution is 5.89. The van der Waals surface area contributed by atoms with E-state index < -0.39 is 391 Å². The number of hydrogen-bond donors (Lipinski definition) is 27. The summed E-state index contributed by atoms with van der Waals surface area (Å²) in [6.45, 7) is 17.7. The summed E-state index contributed by atoms with van der Waals surface area (Å²) < 4.78 is 116. The zero-order chi connectivity index (χ0) is 103. The van der Waals surface area contributed by atoms with Crippen LogP contribution in [0.4, 0.5) is 0 Å². The summed E-state index contributed by atoms with van der Waals surface area (Å²) >= 11 is 0. The average molecular weight is 2020 g/mol. The molecule has 9 saturated heterocycles. The van der Waals surface area contributed by atoms with Crippen LogP contribution in [0.15, 0.2) is 36.0 Å². The smallest absolute Gasteiger partial charge is 0.336 e. The van der Waals surface area contributed by atoms with Gasteiger partial charge in [-0.25, -0.2) is 4.79 Å². The van der Waals surface area contributed by atoms with Crippen molar-refractivity contribution >= 4 is 11.9 Å². The van der Waals surface area contributed by atoms with Crippen LogP contribution in [0.1, 0.15) is 140 Å². The summed E-state index contributed by atoms with van der Waals surface area (Å²) in [6.07, 6.45) is -75.9. The Hall–Kier alpha value is -3.60. The van der Waals surface area contributed by atoms with Gasteiger partial charge in [-0.3, -0.25) is 4.79 Å². The van der Waals surface area contributed by atoms with Gasteiger partial charge < -0.3 is 228 Å². The number of carbonyl (C=O) groups is 2. The normalized spacial score (nSPS) is 51.8. The molecule has 0 spiro atoms. The van der Waals surface area contributed by atoms with Crippen molar-refractivity contribution in [1.82, 2.24) is 0 Å². The van der Waals surface area contributed by atoms with Crippen molar-refractivity contribution in [3.8, 4) is 0 Å². The van der Waals surface area contributed by atoms with E-state index in [9.17, 15) is 138 Å². The second kappa shape index (κ2) is 43.8. The van der Waals surface area contributed by atoms with Crippen molar-refractivity contribution in [3.05, 3.63) is 36.0 Å². The molecule has 13 fully saturated rings. The van der Waals surface area contributed by atoms with E-state index in [1.807, 2.05) is 20.8 Å². The predicted octanol–water partition coefficient (Wildman–Crippen LogP) is -9.42. The lowest BCUT2D eigenvalue weighted by Crippen LogP contribution is -2.70. The van der Waals surface area contributed by atoms with Crippen LogP contribution in [0.25, 0.3) is 0 Å². The second-order valence-electron chi connectivity index (χ2n) is 42.8. The first-order chi connectivity index (χ1) is 65.7. The first-order valence-electron chi connectivity index (χ1n) is 48.3. The molecule has 140 heavy (non-hydrogen) atoms. The third-order valence-electron chi connectivity index (χ3n) is 33.6. The fourth-order valence-corrected chi connectivity index (χ4v) is 24.5. The Balaban J connectivity index is 0.772. The number of aliphatic hydroxyl groups is 27. The molecule has 4 saturated carbocycles. The van der Waals surface area contributed by atoms with Crippen molar-refractivity contribution in [2.45, 2.75) is 428 Å². The molecular weight excluding hydrogens is 1870 g/mol. The Morgan fingerprint density at radius 3 is 1.47 bits per heavy atom. The van der Waals surface area contributed by atoms with Crippen LogP contribution in [-0.2, 0) is 99.6 Å². The lowest BCUT2D eigenvalue weighted by molar-refractivity contribution is -0.390. The van der Waals surface area contributed by atoms with Gasteiger partial charge in [0.2, 0.25) is 6.29 Å². The minimum Gasteiger partial charge on any atom is -0.458 e. The SMILES string of the molecule is C=CC(C)(CCC=C(CO)C(=O)O[C@H]1CC2(C(=O)O[C@@H]3O[C@H](CO)[C@@H](O)[C@H](O)[C@@H]3O[C@H]3O[C@H](C)[C@@H](O[C@H]4O[C@H](CO)[C@@H](O)[C@@H]4O)[C@H](O[C@H]4O[C@@H](CO)[C@H](O)[C@@H](O)[C@@H]4O)[C@@H]3O)C(CC1(C)C)C1=CCC3C4(C)CC[C@H](O[C@@H]5O[C@H](CO[C@H]6O[C@@H](C)[C@@H](O)[C@@H](O)[C@@H]6O[C@H]6OC[C@H](O)[C@@H](O)[C@@H]6O)[C@@H](O)[C@H](O)[C@H]5OC5O[C@H](CO)[C@@H](O)[C@H](O)[C@H]5O)C(C)(C)C4CCC3(C)[C@]1(C)C[C@H]2O)O[C@H]1O[C@@H](C)[C@H](O)[C@@H](O)[C@@H]1O. The predicted molar refractivity (Wildman–Crippen MR) is 462 cm³/mol. The minimum absolute atomic E-state index is 0.00737. The van der Waals surface area contributed by atoms with Gasteiger partial charge in [0.15, 0.2) is 56.4 Å². The molecule has 14 rings (SSSR count). The quantitative estimate of drug-likeness (QED) is 0.0137. The summed E-state index contributed by atoms with van der Waals surface area (Å²) in [5.41, 5.74) is -7.86. The Kier molecular flexibility index (Phi) is 35.0. The lowest BCUT2D eigenvalue weighted by Gasteiger charge is -2.72. The molecule has 54 atom stereocenters. The molecule has 5 aliphatic carbocycles. The average Bonchev–Trinajstić information content (AvgIpc) is 0.760. The maximum Gasteiger partial charge on any atom is 0.336 e. The van der Waals surface area contributed by atoms with E-state index >= 15 is 9.59 Å². The highest BCUT2D eigenvalue weighted by atomic mass is 16.8. The monoisotopic (exact) mass is 2020 g/mol. The highest BCUT2D eigenvalue weighted by Gasteiger charge is 2.74. The first-order valence-corrected chi connectivity index (χ1v) is 48.3. The third-order valence-corrected chi connectivity index (χ3v) is 33.6. The summed E-state index contributed by atoms with van der Waals surface area (Å²) in [7, 11) is 0. The van der Waals surface area contributed by atoms with Crippen LogP contribution in [0.2, 0.25) is 0 Å². The standard InChI is InChI=1S/C92H148O48/c1-13-88(9,140-81-68(118)58(108)50(100)33(2)124-81)20-14-15-36(26-93)75(120)132-49-25-92(85(121)139-84-74(62(112)55(105)42(29-96)130-84)138-80-69(119)71(135-78-66(116)59(109)53(103)40(27-94)127-78)70(35(4)126-80)134-77-65(115)56(106)43(30-97)129-77)38(23-86(49,5)6)37-16-17-46-89(10)21-19-48(87(7,8)45(89)18-22-90(46,11)91(37,12)24-47(92)99)133-83-73(137-79-67(117)60(110)54(104)41(28-95)128-79)63(113)57(107)44(131-83)32-123-82-72(61(111)51(101)34(3)125-82)136-76-64(114)52(102)39(98)31-122-76/h13,15-16,33-35,38-74,76-84,93-119H,1,14,17-32H2,2-12H3/t33-,34-,35+,38?,39-,40-,41+,42+,43+,44+,45?,46?,47+,48-,49-,50-,51+,52+,53-,54+,55+,56+,57+,58+,59+,60-,61+,62-,63-,64-,65-,66-,67+,68-,69-,70+,71+,72-,73+,74-,76+,77+,78+,79?,80+,81+,82-,83-,84-,88?,89?,90?,91+,92?/m0/s1. The molecule has 804 valence electrons. The summed E-state index contributed by atoms with van der Waals surface area (Å²) in [5, 5.41) is 302. The first kappa shape index (κ1) is 112. The van der Waals surface area contributed by atoms with Crippen molar-refractivity contribution < 1.29 is 237 Å². The topological polar surface area (TPSA) is 756 Å². The van der Waals surface area contributed by atoms with Crippen molar-refractivity contribution in [2.75, 3.05) is 46.2 Å². The number of carbonyl (C=O) groups excluding carboxylic acids is 2. The Morgan fingerprint density at radius 2 is 0.900 bits per heavy atom. The Morgan fingerprint density at radius 1 is 0.443 bits per heavy atom. The zero-order valence-electron chi connectivity index (χ0n) is 79.9. The minimum atomic E-state index is -2.30. The van der Waals surface area contributed by atoms with Gasteiger partial charge in [-0.15, -0.1) is 6.58 Å².